The quantitative estimate of drug-likeness (QED) is 0.487. The van der Waals surface area contributed by atoms with Gasteiger partial charge in [0.1, 0.15) is 5.82 Å². The number of rotatable bonds is 4. The molecule has 0 fully saturated rings. The first kappa shape index (κ1) is 18.6. The van der Waals surface area contributed by atoms with Crippen LogP contribution in [-0.4, -0.2) is 15.7 Å². The maximum absolute atomic E-state index is 13.6. The Morgan fingerprint density at radius 2 is 1.81 bits per heavy atom. The fraction of sp³-hybridized carbons (Fsp3) is 0.182. The lowest BCUT2D eigenvalue weighted by Gasteiger charge is -2.13. The Bertz CT molecular complexity index is 969. The minimum atomic E-state index is -0.531. The molecule has 5 heteroatoms. The van der Waals surface area contributed by atoms with E-state index >= 15 is 0 Å². The third-order valence-corrected chi connectivity index (χ3v) is 3.91. The van der Waals surface area contributed by atoms with Crippen molar-refractivity contribution in [2.24, 2.45) is 0 Å². The fourth-order valence-electron chi connectivity index (χ4n) is 2.46. The van der Waals surface area contributed by atoms with Crippen LogP contribution in [0.25, 0.3) is 11.8 Å². The van der Waals surface area contributed by atoms with E-state index in [4.69, 9.17) is 4.74 Å². The molecule has 3 rings (SSSR count). The molecule has 0 atom stereocenters. The molecule has 27 heavy (non-hydrogen) atoms. The SMILES string of the molecule is CC(C)(C)c1cc(OC(=O)/C=C/c2ccccc2)n(-c2cccc(F)c2)n1. The molecule has 0 aliphatic rings. The van der Waals surface area contributed by atoms with E-state index in [1.165, 1.54) is 22.9 Å². The Kier molecular flexibility index (Phi) is 5.21. The van der Waals surface area contributed by atoms with Gasteiger partial charge in [-0.1, -0.05) is 57.2 Å². The van der Waals surface area contributed by atoms with Crippen LogP contribution in [0, 0.1) is 5.82 Å². The molecule has 0 aliphatic carbocycles. The van der Waals surface area contributed by atoms with Crippen LogP contribution in [0.4, 0.5) is 4.39 Å². The summed E-state index contributed by atoms with van der Waals surface area (Å²) in [7, 11) is 0. The number of nitrogens with zero attached hydrogens (tertiary/aromatic N) is 2. The van der Waals surface area contributed by atoms with E-state index in [9.17, 15) is 9.18 Å². The summed E-state index contributed by atoms with van der Waals surface area (Å²) in [5.74, 6) is -0.674. The third kappa shape index (κ3) is 4.70. The van der Waals surface area contributed by atoms with Gasteiger partial charge in [-0.15, -0.1) is 0 Å². The number of carbonyl (C=O) groups is 1. The van der Waals surface area contributed by atoms with E-state index in [1.807, 2.05) is 51.1 Å². The van der Waals surface area contributed by atoms with E-state index in [-0.39, 0.29) is 17.1 Å². The predicted molar refractivity (Wildman–Crippen MR) is 103 cm³/mol. The van der Waals surface area contributed by atoms with Crippen molar-refractivity contribution < 1.29 is 13.9 Å². The molecule has 0 N–H and O–H groups in total. The number of hydrogen-bond donors (Lipinski definition) is 0. The number of aromatic nitrogens is 2. The highest BCUT2D eigenvalue weighted by atomic mass is 19.1. The fourth-order valence-corrected chi connectivity index (χ4v) is 2.46. The van der Waals surface area contributed by atoms with Crippen LogP contribution < -0.4 is 4.74 Å². The third-order valence-electron chi connectivity index (χ3n) is 3.91. The minimum Gasteiger partial charge on any atom is -0.404 e. The summed E-state index contributed by atoms with van der Waals surface area (Å²) in [4.78, 5) is 12.3. The van der Waals surface area contributed by atoms with E-state index in [0.29, 0.717) is 5.69 Å². The van der Waals surface area contributed by atoms with Gasteiger partial charge in [0.2, 0.25) is 5.88 Å². The van der Waals surface area contributed by atoms with Crippen molar-refractivity contribution in [3.8, 4) is 11.6 Å². The van der Waals surface area contributed by atoms with Crippen molar-refractivity contribution in [2.45, 2.75) is 26.2 Å². The van der Waals surface area contributed by atoms with Crippen molar-refractivity contribution in [3.05, 3.63) is 83.8 Å². The number of ether oxygens (including phenoxy) is 1. The predicted octanol–water partition coefficient (Wildman–Crippen LogP) is 4.93. The Balaban J connectivity index is 1.90. The van der Waals surface area contributed by atoms with Gasteiger partial charge in [-0.25, -0.2) is 13.9 Å². The van der Waals surface area contributed by atoms with Crippen molar-refractivity contribution in [3.63, 3.8) is 0 Å². The number of halogens is 1. The average Bonchev–Trinajstić information content (AvgIpc) is 3.05. The van der Waals surface area contributed by atoms with Crippen LogP contribution in [-0.2, 0) is 10.2 Å². The summed E-state index contributed by atoms with van der Waals surface area (Å²) in [5, 5.41) is 4.51. The number of hydrogen-bond acceptors (Lipinski definition) is 3. The second kappa shape index (κ2) is 7.58. The number of benzene rings is 2. The molecule has 0 radical (unpaired) electrons. The zero-order valence-electron chi connectivity index (χ0n) is 15.5. The normalized spacial score (nSPS) is 11.7. The van der Waals surface area contributed by atoms with Crippen molar-refractivity contribution in [1.29, 1.82) is 0 Å². The average molecular weight is 364 g/mol. The van der Waals surface area contributed by atoms with E-state index in [1.54, 1.807) is 24.3 Å². The zero-order valence-corrected chi connectivity index (χ0v) is 15.5. The van der Waals surface area contributed by atoms with Crippen molar-refractivity contribution in [1.82, 2.24) is 9.78 Å². The van der Waals surface area contributed by atoms with Gasteiger partial charge < -0.3 is 4.74 Å². The smallest absolute Gasteiger partial charge is 0.337 e. The van der Waals surface area contributed by atoms with Gasteiger partial charge in [-0.3, -0.25) is 0 Å². The Morgan fingerprint density at radius 1 is 1.07 bits per heavy atom. The van der Waals surface area contributed by atoms with Crippen LogP contribution >= 0.6 is 0 Å². The van der Waals surface area contributed by atoms with Crippen LogP contribution in [0.2, 0.25) is 0 Å². The van der Waals surface area contributed by atoms with Gasteiger partial charge >= 0.3 is 5.97 Å². The molecule has 0 spiro atoms. The first-order chi connectivity index (χ1) is 12.8. The van der Waals surface area contributed by atoms with Gasteiger partial charge in [0.15, 0.2) is 0 Å². The second-order valence-electron chi connectivity index (χ2n) is 7.17. The topological polar surface area (TPSA) is 44.1 Å². The lowest BCUT2D eigenvalue weighted by Crippen LogP contribution is -2.12. The number of carbonyl (C=O) groups excluding carboxylic acids is 1. The molecular formula is C22H21FN2O2. The van der Waals surface area contributed by atoms with Gasteiger partial charge in [-0.05, 0) is 29.8 Å². The van der Waals surface area contributed by atoms with Gasteiger partial charge in [0.25, 0.3) is 0 Å². The molecular weight excluding hydrogens is 343 g/mol. The molecule has 0 aliphatic heterocycles. The van der Waals surface area contributed by atoms with Crippen LogP contribution in [0.1, 0.15) is 32.0 Å². The Hall–Kier alpha value is -3.21. The lowest BCUT2D eigenvalue weighted by molar-refractivity contribution is -0.129. The van der Waals surface area contributed by atoms with E-state index in [0.717, 1.165) is 11.3 Å². The van der Waals surface area contributed by atoms with Crippen molar-refractivity contribution in [2.75, 3.05) is 0 Å². The second-order valence-corrected chi connectivity index (χ2v) is 7.17. The molecule has 3 aromatic rings. The molecule has 0 bridgehead atoms. The number of esters is 1. The highest BCUT2D eigenvalue weighted by Gasteiger charge is 2.22. The molecule has 0 amide bonds. The summed E-state index contributed by atoms with van der Waals surface area (Å²) in [6.07, 6.45) is 3.03. The molecule has 1 heterocycles. The summed E-state index contributed by atoms with van der Waals surface area (Å²) in [6.45, 7) is 6.02. The molecule has 138 valence electrons. The lowest BCUT2D eigenvalue weighted by atomic mass is 9.93. The molecule has 4 nitrogen and oxygen atoms in total. The summed E-state index contributed by atoms with van der Waals surface area (Å²) in [5.41, 5.74) is 1.87. The first-order valence-electron chi connectivity index (χ1n) is 8.64. The summed E-state index contributed by atoms with van der Waals surface area (Å²) in [6, 6.07) is 17.2. The van der Waals surface area contributed by atoms with Crippen molar-refractivity contribution >= 4 is 12.0 Å². The van der Waals surface area contributed by atoms with E-state index in [2.05, 4.69) is 5.10 Å². The highest BCUT2D eigenvalue weighted by Crippen LogP contribution is 2.28. The molecule has 0 saturated heterocycles. The maximum Gasteiger partial charge on any atom is 0.337 e. The van der Waals surface area contributed by atoms with Crippen LogP contribution in [0.3, 0.4) is 0 Å². The molecule has 0 unspecified atom stereocenters. The Morgan fingerprint density at radius 3 is 2.48 bits per heavy atom. The maximum atomic E-state index is 13.6. The monoisotopic (exact) mass is 364 g/mol. The molecule has 1 aromatic heterocycles. The van der Waals surface area contributed by atoms with Gasteiger partial charge in [-0.2, -0.15) is 5.10 Å². The largest absolute Gasteiger partial charge is 0.404 e. The Labute approximate surface area is 157 Å². The van der Waals surface area contributed by atoms with E-state index < -0.39 is 5.97 Å². The summed E-state index contributed by atoms with van der Waals surface area (Å²) >= 11 is 0. The van der Waals surface area contributed by atoms with Gasteiger partial charge in [0, 0.05) is 17.6 Å². The standard InChI is InChI=1S/C22H21FN2O2/c1-22(2,3)19-15-20(25(24-19)18-11-7-10-17(23)14-18)27-21(26)13-12-16-8-5-4-6-9-16/h4-15H,1-3H3/b13-12+. The highest BCUT2D eigenvalue weighted by molar-refractivity contribution is 5.88. The first-order valence-corrected chi connectivity index (χ1v) is 8.64. The van der Waals surface area contributed by atoms with Gasteiger partial charge in [0.05, 0.1) is 11.4 Å². The summed E-state index contributed by atoms with van der Waals surface area (Å²) < 4.78 is 20.6. The van der Waals surface area contributed by atoms with Crippen LogP contribution in [0.5, 0.6) is 5.88 Å². The molecule has 2 aromatic carbocycles. The minimum absolute atomic E-state index is 0.244. The zero-order chi connectivity index (χ0) is 19.4. The van der Waals surface area contributed by atoms with Crippen LogP contribution in [0.15, 0.2) is 66.7 Å². The molecule has 0 saturated carbocycles.